The Balaban J connectivity index is 1.79. The molecule has 0 amide bonds. The molecule has 0 fully saturated rings. The summed E-state index contributed by atoms with van der Waals surface area (Å²) in [5, 5.41) is 6.80. The van der Waals surface area contributed by atoms with Crippen molar-refractivity contribution in [3.05, 3.63) is 36.4 Å². The molecule has 10 nitrogen and oxygen atoms in total. The first-order valence-corrected chi connectivity index (χ1v) is 10.6. The SMILES string of the molecule is COc1ccc(Nc2cc3c(cc2Nc2ccc(OC)c(OC)c2OC)OCO3)c(OC)c1OC. The number of hydrogen-bond donors (Lipinski definition) is 2. The highest BCUT2D eigenvalue weighted by molar-refractivity contribution is 5.86. The fourth-order valence-electron chi connectivity index (χ4n) is 3.84. The van der Waals surface area contributed by atoms with E-state index in [1.165, 1.54) is 0 Å². The van der Waals surface area contributed by atoms with Crippen LogP contribution in [0.5, 0.6) is 46.0 Å². The third-order valence-electron chi connectivity index (χ3n) is 5.46. The largest absolute Gasteiger partial charge is 0.493 e. The topological polar surface area (TPSA) is 97.9 Å². The first-order chi connectivity index (χ1) is 17.1. The first-order valence-electron chi connectivity index (χ1n) is 10.6. The Bertz CT molecular complexity index is 1120. The average molecular weight is 485 g/mol. The van der Waals surface area contributed by atoms with Crippen molar-refractivity contribution in [3.8, 4) is 46.0 Å². The lowest BCUT2D eigenvalue weighted by Gasteiger charge is -2.21. The minimum absolute atomic E-state index is 0.136. The summed E-state index contributed by atoms with van der Waals surface area (Å²) in [6.45, 7) is 0.136. The Morgan fingerprint density at radius 3 is 1.26 bits per heavy atom. The normalized spacial score (nSPS) is 11.5. The van der Waals surface area contributed by atoms with Crippen LogP contribution in [-0.2, 0) is 0 Å². The summed E-state index contributed by atoms with van der Waals surface area (Å²) >= 11 is 0. The molecule has 4 rings (SSSR count). The van der Waals surface area contributed by atoms with Crippen molar-refractivity contribution >= 4 is 22.7 Å². The smallest absolute Gasteiger partial charge is 0.231 e. The van der Waals surface area contributed by atoms with E-state index in [-0.39, 0.29) is 6.79 Å². The molecule has 0 unspecified atom stereocenters. The van der Waals surface area contributed by atoms with E-state index < -0.39 is 0 Å². The first kappa shape index (κ1) is 23.8. The molecule has 0 radical (unpaired) electrons. The van der Waals surface area contributed by atoms with Gasteiger partial charge in [0.1, 0.15) is 0 Å². The van der Waals surface area contributed by atoms with Crippen molar-refractivity contribution in [2.45, 2.75) is 0 Å². The number of anilines is 4. The monoisotopic (exact) mass is 484 g/mol. The van der Waals surface area contributed by atoms with Crippen molar-refractivity contribution in [3.63, 3.8) is 0 Å². The van der Waals surface area contributed by atoms with Crippen LogP contribution < -0.4 is 48.5 Å². The number of benzene rings is 3. The number of rotatable bonds is 10. The molecule has 0 aromatic heterocycles. The predicted molar refractivity (Wildman–Crippen MR) is 131 cm³/mol. The van der Waals surface area contributed by atoms with E-state index >= 15 is 0 Å². The Morgan fingerprint density at radius 1 is 0.514 bits per heavy atom. The quantitative estimate of drug-likeness (QED) is 0.411. The third-order valence-corrected chi connectivity index (χ3v) is 5.46. The van der Waals surface area contributed by atoms with Crippen LogP contribution >= 0.6 is 0 Å². The van der Waals surface area contributed by atoms with Gasteiger partial charge in [-0.1, -0.05) is 0 Å². The van der Waals surface area contributed by atoms with Crippen LogP contribution in [0.25, 0.3) is 0 Å². The molecule has 3 aromatic carbocycles. The molecular weight excluding hydrogens is 456 g/mol. The molecule has 0 saturated carbocycles. The predicted octanol–water partition coefficient (Wildman–Crippen LogP) is 4.95. The lowest BCUT2D eigenvalue weighted by molar-refractivity contribution is 0.174. The Morgan fingerprint density at radius 2 is 0.914 bits per heavy atom. The molecule has 1 aliphatic rings. The van der Waals surface area contributed by atoms with Gasteiger partial charge in [-0.3, -0.25) is 0 Å². The van der Waals surface area contributed by atoms with E-state index in [0.717, 1.165) is 0 Å². The molecule has 10 heteroatoms. The summed E-state index contributed by atoms with van der Waals surface area (Å²) in [6, 6.07) is 10.9. The molecule has 1 aliphatic heterocycles. The molecule has 3 aromatic rings. The molecule has 186 valence electrons. The van der Waals surface area contributed by atoms with Crippen molar-refractivity contribution in [1.29, 1.82) is 0 Å². The van der Waals surface area contributed by atoms with Gasteiger partial charge in [-0.25, -0.2) is 0 Å². The minimum atomic E-state index is 0.136. The van der Waals surface area contributed by atoms with Gasteiger partial charge in [0.2, 0.25) is 18.3 Å². The van der Waals surface area contributed by atoms with Crippen molar-refractivity contribution in [2.24, 2.45) is 0 Å². The van der Waals surface area contributed by atoms with E-state index in [1.54, 1.807) is 54.8 Å². The fraction of sp³-hybridized carbons (Fsp3) is 0.280. The average Bonchev–Trinajstić information content (AvgIpc) is 3.35. The van der Waals surface area contributed by atoms with Crippen LogP contribution in [0.3, 0.4) is 0 Å². The van der Waals surface area contributed by atoms with Gasteiger partial charge in [-0.05, 0) is 24.3 Å². The highest BCUT2D eigenvalue weighted by atomic mass is 16.7. The highest BCUT2D eigenvalue weighted by Crippen LogP contribution is 2.48. The van der Waals surface area contributed by atoms with Gasteiger partial charge in [-0.15, -0.1) is 0 Å². The zero-order valence-electron chi connectivity index (χ0n) is 20.4. The summed E-state index contributed by atoms with van der Waals surface area (Å²) < 4.78 is 44.3. The van der Waals surface area contributed by atoms with Gasteiger partial charge in [0.25, 0.3) is 0 Å². The van der Waals surface area contributed by atoms with Crippen LogP contribution in [0.1, 0.15) is 0 Å². The molecule has 0 aliphatic carbocycles. The molecule has 0 saturated heterocycles. The maximum atomic E-state index is 5.63. The van der Waals surface area contributed by atoms with Crippen LogP contribution in [0.2, 0.25) is 0 Å². The summed E-state index contributed by atoms with van der Waals surface area (Å²) in [5.41, 5.74) is 2.70. The molecule has 2 N–H and O–H groups in total. The van der Waals surface area contributed by atoms with E-state index in [1.807, 2.05) is 24.3 Å². The van der Waals surface area contributed by atoms with Gasteiger partial charge in [0.15, 0.2) is 34.5 Å². The second-order valence-corrected chi connectivity index (χ2v) is 7.26. The van der Waals surface area contributed by atoms with Gasteiger partial charge in [0, 0.05) is 12.1 Å². The number of fused-ring (bicyclic) bond motifs is 1. The second-order valence-electron chi connectivity index (χ2n) is 7.26. The van der Waals surface area contributed by atoms with Gasteiger partial charge >= 0.3 is 0 Å². The molecule has 0 spiro atoms. The van der Waals surface area contributed by atoms with Crippen molar-refractivity contribution < 1.29 is 37.9 Å². The zero-order chi connectivity index (χ0) is 24.9. The van der Waals surface area contributed by atoms with Crippen LogP contribution in [-0.4, -0.2) is 49.5 Å². The number of nitrogens with one attached hydrogen (secondary N) is 2. The lowest BCUT2D eigenvalue weighted by atomic mass is 10.1. The van der Waals surface area contributed by atoms with Crippen molar-refractivity contribution in [2.75, 3.05) is 60.1 Å². The summed E-state index contributed by atoms with van der Waals surface area (Å²) in [7, 11) is 9.38. The maximum Gasteiger partial charge on any atom is 0.231 e. The van der Waals surface area contributed by atoms with Gasteiger partial charge < -0.3 is 48.5 Å². The second kappa shape index (κ2) is 10.3. The van der Waals surface area contributed by atoms with Gasteiger partial charge in [-0.2, -0.15) is 0 Å². The minimum Gasteiger partial charge on any atom is -0.493 e. The Labute approximate surface area is 203 Å². The van der Waals surface area contributed by atoms with E-state index in [0.29, 0.717) is 68.7 Å². The van der Waals surface area contributed by atoms with E-state index in [4.69, 9.17) is 37.9 Å². The zero-order valence-corrected chi connectivity index (χ0v) is 20.4. The van der Waals surface area contributed by atoms with Crippen LogP contribution in [0, 0.1) is 0 Å². The summed E-state index contributed by atoms with van der Waals surface area (Å²) in [4.78, 5) is 0. The maximum absolute atomic E-state index is 5.63. The van der Waals surface area contributed by atoms with Crippen LogP contribution in [0.4, 0.5) is 22.7 Å². The Kier molecular flexibility index (Phi) is 7.00. The van der Waals surface area contributed by atoms with Crippen molar-refractivity contribution in [1.82, 2.24) is 0 Å². The third kappa shape index (κ3) is 4.42. The van der Waals surface area contributed by atoms with Crippen LogP contribution in [0.15, 0.2) is 36.4 Å². The standard InChI is InChI=1S/C25H28N2O8/c1-28-18-9-7-14(22(30-3)24(18)32-5)26-16-11-20-21(35-13-34-20)12-17(16)27-15-8-10-19(29-2)25(33-6)23(15)31-4/h7-12,26-27H,13H2,1-6H3. The lowest BCUT2D eigenvalue weighted by Crippen LogP contribution is -2.03. The molecule has 0 atom stereocenters. The number of methoxy groups -OCH3 is 6. The van der Waals surface area contributed by atoms with Gasteiger partial charge in [0.05, 0.1) is 65.4 Å². The summed E-state index contributed by atoms with van der Waals surface area (Å²) in [5.74, 6) is 4.23. The Hall–Kier alpha value is -4.34. The fourth-order valence-corrected chi connectivity index (χ4v) is 3.84. The molecule has 0 bridgehead atoms. The molecule has 1 heterocycles. The molecule has 35 heavy (non-hydrogen) atoms. The van der Waals surface area contributed by atoms with E-state index in [2.05, 4.69) is 10.6 Å². The number of hydrogen-bond acceptors (Lipinski definition) is 10. The summed E-state index contributed by atoms with van der Waals surface area (Å²) in [6.07, 6.45) is 0. The molecular formula is C25H28N2O8. The number of ether oxygens (including phenoxy) is 8. The van der Waals surface area contributed by atoms with E-state index in [9.17, 15) is 0 Å². The highest BCUT2D eigenvalue weighted by Gasteiger charge is 2.23.